The first-order valence-electron chi connectivity index (χ1n) is 9.71. The van der Waals surface area contributed by atoms with Crippen LogP contribution >= 0.6 is 11.6 Å². The number of alkyl halides is 3. The van der Waals surface area contributed by atoms with Gasteiger partial charge in [0.1, 0.15) is 10.7 Å². The Hall–Kier alpha value is -2.52. The summed E-state index contributed by atoms with van der Waals surface area (Å²) in [6, 6.07) is 9.95. The second kappa shape index (κ2) is 9.74. The topological polar surface area (TPSA) is 114 Å². The molecule has 3 rings (SSSR count). The van der Waals surface area contributed by atoms with E-state index in [1.807, 2.05) is 0 Å². The zero-order chi connectivity index (χ0) is 27.1. The SMILES string of the molecule is C[C@H](NS(=O)(=O)C(F)(F)F)c1ccc(S(=O)(=O)c2cc(Cl)ccc2S(=O)(=O)c2ccccc2F)cc1. The molecule has 0 saturated heterocycles. The van der Waals surface area contributed by atoms with Gasteiger partial charge in [0.15, 0.2) is 0 Å². The Morgan fingerprint density at radius 3 is 1.92 bits per heavy atom. The monoisotopic (exact) mass is 585 g/mol. The average molecular weight is 586 g/mol. The van der Waals surface area contributed by atoms with E-state index in [9.17, 15) is 42.8 Å². The smallest absolute Gasteiger partial charge is 0.218 e. The van der Waals surface area contributed by atoms with Crippen LogP contribution in [0.1, 0.15) is 18.5 Å². The summed E-state index contributed by atoms with van der Waals surface area (Å²) in [4.78, 5) is -2.72. The molecule has 1 atom stereocenters. The summed E-state index contributed by atoms with van der Waals surface area (Å²) in [6.07, 6.45) is 0. The van der Waals surface area contributed by atoms with Gasteiger partial charge in [0.2, 0.25) is 19.7 Å². The predicted molar refractivity (Wildman–Crippen MR) is 122 cm³/mol. The third-order valence-electron chi connectivity index (χ3n) is 4.94. The summed E-state index contributed by atoms with van der Waals surface area (Å²) in [5.41, 5.74) is -5.55. The molecule has 0 amide bonds. The van der Waals surface area contributed by atoms with Crippen LogP contribution in [0.5, 0.6) is 0 Å². The van der Waals surface area contributed by atoms with Crippen LogP contribution in [0, 0.1) is 5.82 Å². The lowest BCUT2D eigenvalue weighted by atomic mass is 10.1. The lowest BCUT2D eigenvalue weighted by Crippen LogP contribution is -2.37. The molecule has 0 unspecified atom stereocenters. The minimum absolute atomic E-state index is 0.00734. The molecular weight excluding hydrogens is 570 g/mol. The van der Waals surface area contributed by atoms with E-state index >= 15 is 0 Å². The molecule has 0 aliphatic rings. The van der Waals surface area contributed by atoms with Gasteiger partial charge in [-0.3, -0.25) is 0 Å². The average Bonchev–Trinajstić information content (AvgIpc) is 2.78. The Morgan fingerprint density at radius 1 is 0.778 bits per heavy atom. The molecule has 36 heavy (non-hydrogen) atoms. The third kappa shape index (κ3) is 5.42. The summed E-state index contributed by atoms with van der Waals surface area (Å²) in [5.74, 6) is -1.10. The molecule has 0 aliphatic carbocycles. The normalized spacial score (nSPS) is 13.9. The van der Waals surface area contributed by atoms with E-state index in [0.29, 0.717) is 0 Å². The largest absolute Gasteiger partial charge is 0.511 e. The lowest BCUT2D eigenvalue weighted by Gasteiger charge is -2.17. The first-order valence-corrected chi connectivity index (χ1v) is 14.5. The van der Waals surface area contributed by atoms with Crippen LogP contribution in [0.2, 0.25) is 5.02 Å². The molecule has 0 radical (unpaired) electrons. The standard InChI is InChI=1S/C21H16ClF4NO6S3/c1-13(27-36(32,33)21(24,25)26)14-6-9-16(10-7-14)34(28,29)20-12-15(22)8-11-19(20)35(30,31)18-5-3-2-4-17(18)23/h2-13,27H,1H3/t13-/m0/s1. The van der Waals surface area contributed by atoms with Crippen LogP contribution in [0.25, 0.3) is 0 Å². The van der Waals surface area contributed by atoms with Crippen LogP contribution in [-0.2, 0) is 29.7 Å². The molecule has 0 fully saturated rings. The fraction of sp³-hybridized carbons (Fsp3) is 0.143. The second-order valence-electron chi connectivity index (χ2n) is 7.39. The molecule has 0 aliphatic heterocycles. The van der Waals surface area contributed by atoms with E-state index in [1.165, 1.54) is 16.9 Å². The van der Waals surface area contributed by atoms with E-state index in [4.69, 9.17) is 11.6 Å². The van der Waals surface area contributed by atoms with Crippen molar-refractivity contribution in [2.45, 2.75) is 38.1 Å². The molecule has 7 nitrogen and oxygen atoms in total. The number of rotatable bonds is 7. The van der Waals surface area contributed by atoms with Crippen molar-refractivity contribution < 1.29 is 42.8 Å². The zero-order valence-corrected chi connectivity index (χ0v) is 21.2. The van der Waals surface area contributed by atoms with Gasteiger partial charge in [0.05, 0.1) is 14.7 Å². The van der Waals surface area contributed by atoms with E-state index in [0.717, 1.165) is 61.5 Å². The van der Waals surface area contributed by atoms with Crippen molar-refractivity contribution in [3.63, 3.8) is 0 Å². The Balaban J connectivity index is 2.06. The number of nitrogens with one attached hydrogen (secondary N) is 1. The highest BCUT2D eigenvalue weighted by molar-refractivity contribution is 7.94. The van der Waals surface area contributed by atoms with Crippen molar-refractivity contribution in [1.29, 1.82) is 0 Å². The maximum Gasteiger partial charge on any atom is 0.511 e. The highest BCUT2D eigenvalue weighted by Gasteiger charge is 2.46. The van der Waals surface area contributed by atoms with Gasteiger partial charge in [-0.05, 0) is 55.0 Å². The van der Waals surface area contributed by atoms with Gasteiger partial charge < -0.3 is 0 Å². The molecule has 0 heterocycles. The summed E-state index contributed by atoms with van der Waals surface area (Å²) in [5, 5.41) is -0.132. The minimum atomic E-state index is -5.66. The Bertz CT molecular complexity index is 1620. The molecular formula is C21H16ClF4NO6S3. The fourth-order valence-corrected chi connectivity index (χ4v) is 7.51. The van der Waals surface area contributed by atoms with Crippen molar-refractivity contribution in [3.8, 4) is 0 Å². The Morgan fingerprint density at radius 2 is 1.36 bits per heavy atom. The maximum absolute atomic E-state index is 14.2. The Kier molecular flexibility index (Phi) is 7.59. The van der Waals surface area contributed by atoms with Crippen LogP contribution in [0.4, 0.5) is 17.6 Å². The third-order valence-corrected chi connectivity index (χ3v) is 10.2. The molecule has 194 valence electrons. The van der Waals surface area contributed by atoms with Crippen LogP contribution in [0.3, 0.4) is 0 Å². The molecule has 0 spiro atoms. The molecule has 0 aromatic heterocycles. The van der Waals surface area contributed by atoms with E-state index in [-0.39, 0.29) is 10.6 Å². The van der Waals surface area contributed by atoms with Crippen LogP contribution < -0.4 is 4.72 Å². The number of sulfonamides is 1. The molecule has 1 N–H and O–H groups in total. The summed E-state index contributed by atoms with van der Waals surface area (Å²) in [7, 11) is -14.9. The van der Waals surface area contributed by atoms with Crippen molar-refractivity contribution in [2.24, 2.45) is 0 Å². The van der Waals surface area contributed by atoms with Crippen LogP contribution in [-0.4, -0.2) is 30.8 Å². The van der Waals surface area contributed by atoms with Crippen molar-refractivity contribution in [3.05, 3.63) is 83.1 Å². The summed E-state index contributed by atoms with van der Waals surface area (Å²) < 4.78 is 129. The summed E-state index contributed by atoms with van der Waals surface area (Å²) in [6.45, 7) is 1.11. The van der Waals surface area contributed by atoms with Crippen molar-refractivity contribution >= 4 is 41.3 Å². The quantitative estimate of drug-likeness (QED) is 0.404. The van der Waals surface area contributed by atoms with Crippen molar-refractivity contribution in [1.82, 2.24) is 4.72 Å². The van der Waals surface area contributed by atoms with Gasteiger partial charge in [-0.2, -0.15) is 13.2 Å². The molecule has 15 heteroatoms. The fourth-order valence-electron chi connectivity index (χ4n) is 3.13. The van der Waals surface area contributed by atoms with Crippen LogP contribution in [0.15, 0.2) is 86.3 Å². The number of halogens is 5. The summed E-state index contributed by atoms with van der Waals surface area (Å²) >= 11 is 5.91. The zero-order valence-electron chi connectivity index (χ0n) is 18.0. The number of benzene rings is 3. The van der Waals surface area contributed by atoms with E-state index < -0.39 is 66.6 Å². The first-order chi connectivity index (χ1) is 16.5. The van der Waals surface area contributed by atoms with E-state index in [2.05, 4.69) is 0 Å². The maximum atomic E-state index is 14.2. The number of hydrogen-bond acceptors (Lipinski definition) is 6. The minimum Gasteiger partial charge on any atom is -0.218 e. The molecule has 0 bridgehead atoms. The number of hydrogen-bond donors (Lipinski definition) is 1. The van der Waals surface area contributed by atoms with Crippen molar-refractivity contribution in [2.75, 3.05) is 0 Å². The van der Waals surface area contributed by atoms with Gasteiger partial charge in [0.25, 0.3) is 0 Å². The van der Waals surface area contributed by atoms with E-state index in [1.54, 1.807) is 0 Å². The van der Waals surface area contributed by atoms with Gasteiger partial charge in [0, 0.05) is 11.1 Å². The molecule has 3 aromatic rings. The number of sulfone groups is 2. The van der Waals surface area contributed by atoms with Gasteiger partial charge in [-0.1, -0.05) is 35.9 Å². The van der Waals surface area contributed by atoms with Gasteiger partial charge >= 0.3 is 15.5 Å². The molecule has 0 saturated carbocycles. The molecule has 3 aromatic carbocycles. The predicted octanol–water partition coefficient (Wildman–Crippen LogP) is 4.64. The lowest BCUT2D eigenvalue weighted by molar-refractivity contribution is -0.0450. The highest BCUT2D eigenvalue weighted by Crippen LogP contribution is 2.34. The first kappa shape index (κ1) is 28.1. The Labute approximate surface area is 209 Å². The highest BCUT2D eigenvalue weighted by atomic mass is 35.5. The van der Waals surface area contributed by atoms with Gasteiger partial charge in [-0.15, -0.1) is 0 Å². The second-order valence-corrected chi connectivity index (χ2v) is 13.3. The van der Waals surface area contributed by atoms with Gasteiger partial charge in [-0.25, -0.2) is 34.4 Å².